The standard InChI is InChI=1S/C11H13BrFNOS/c1-6(2)5-15-8-4-3-7(11(14)16)9(12)10(8)13/h3-4,6H,5H2,1-2H3,(H2,14,16). The van der Waals surface area contributed by atoms with Gasteiger partial charge in [-0.1, -0.05) is 26.1 Å². The van der Waals surface area contributed by atoms with Gasteiger partial charge in [-0.05, 0) is 34.0 Å². The van der Waals surface area contributed by atoms with Crippen molar-refractivity contribution < 1.29 is 9.13 Å². The van der Waals surface area contributed by atoms with Crippen molar-refractivity contribution >= 4 is 33.1 Å². The first-order valence-electron chi connectivity index (χ1n) is 4.84. The molecule has 0 aliphatic heterocycles. The molecule has 1 aromatic carbocycles. The number of thiocarbonyl (C=S) groups is 1. The van der Waals surface area contributed by atoms with Gasteiger partial charge < -0.3 is 10.5 Å². The Morgan fingerprint density at radius 3 is 2.69 bits per heavy atom. The van der Waals surface area contributed by atoms with Gasteiger partial charge in [0.15, 0.2) is 11.6 Å². The van der Waals surface area contributed by atoms with Crippen LogP contribution in [0.1, 0.15) is 19.4 Å². The van der Waals surface area contributed by atoms with Crippen molar-refractivity contribution in [3.05, 3.63) is 28.0 Å². The molecular formula is C11H13BrFNOS. The molecule has 1 rings (SSSR count). The van der Waals surface area contributed by atoms with E-state index in [1.807, 2.05) is 13.8 Å². The van der Waals surface area contributed by atoms with Crippen LogP contribution in [0.5, 0.6) is 5.75 Å². The monoisotopic (exact) mass is 305 g/mol. The second-order valence-electron chi connectivity index (χ2n) is 3.81. The lowest BCUT2D eigenvalue weighted by Gasteiger charge is -2.12. The van der Waals surface area contributed by atoms with Crippen LogP contribution in [0.4, 0.5) is 4.39 Å². The van der Waals surface area contributed by atoms with E-state index in [2.05, 4.69) is 15.9 Å². The minimum atomic E-state index is -0.467. The van der Waals surface area contributed by atoms with Crippen LogP contribution in [-0.2, 0) is 0 Å². The van der Waals surface area contributed by atoms with Gasteiger partial charge in [0, 0.05) is 5.56 Å². The van der Waals surface area contributed by atoms with Crippen molar-refractivity contribution in [2.75, 3.05) is 6.61 Å². The van der Waals surface area contributed by atoms with Gasteiger partial charge in [0.05, 0.1) is 11.1 Å². The van der Waals surface area contributed by atoms with Crippen LogP contribution in [-0.4, -0.2) is 11.6 Å². The average Bonchev–Trinajstić information content (AvgIpc) is 2.19. The van der Waals surface area contributed by atoms with E-state index in [9.17, 15) is 4.39 Å². The molecule has 0 amide bonds. The number of rotatable bonds is 4. The number of hydrogen-bond donors (Lipinski definition) is 1. The molecule has 0 saturated carbocycles. The summed E-state index contributed by atoms with van der Waals surface area (Å²) in [5.74, 6) is 0.0833. The average molecular weight is 306 g/mol. The minimum absolute atomic E-state index is 0.154. The number of nitrogens with two attached hydrogens (primary N) is 1. The highest BCUT2D eigenvalue weighted by molar-refractivity contribution is 9.10. The van der Waals surface area contributed by atoms with Crippen LogP contribution in [0.3, 0.4) is 0 Å². The molecule has 0 aliphatic rings. The van der Waals surface area contributed by atoms with Crippen LogP contribution in [0.15, 0.2) is 16.6 Å². The van der Waals surface area contributed by atoms with E-state index in [4.69, 9.17) is 22.7 Å². The second-order valence-corrected chi connectivity index (χ2v) is 5.04. The van der Waals surface area contributed by atoms with Gasteiger partial charge in [-0.15, -0.1) is 0 Å². The first-order valence-corrected chi connectivity index (χ1v) is 6.04. The molecule has 1 aromatic rings. The van der Waals surface area contributed by atoms with E-state index in [-0.39, 0.29) is 15.2 Å². The Hall–Kier alpha value is -0.680. The van der Waals surface area contributed by atoms with Crippen LogP contribution < -0.4 is 10.5 Å². The highest BCUT2D eigenvalue weighted by Crippen LogP contribution is 2.28. The zero-order chi connectivity index (χ0) is 12.3. The van der Waals surface area contributed by atoms with Crippen molar-refractivity contribution in [1.29, 1.82) is 0 Å². The summed E-state index contributed by atoms with van der Waals surface area (Å²) in [4.78, 5) is 0.154. The molecule has 0 radical (unpaired) electrons. The maximum atomic E-state index is 13.8. The van der Waals surface area contributed by atoms with Gasteiger partial charge in [0.25, 0.3) is 0 Å². The Bertz CT molecular complexity index is 409. The van der Waals surface area contributed by atoms with E-state index >= 15 is 0 Å². The summed E-state index contributed by atoms with van der Waals surface area (Å²) >= 11 is 7.92. The maximum absolute atomic E-state index is 13.8. The lowest BCUT2D eigenvalue weighted by molar-refractivity contribution is 0.259. The molecule has 0 heterocycles. The fraction of sp³-hybridized carbons (Fsp3) is 0.364. The molecular weight excluding hydrogens is 293 g/mol. The zero-order valence-corrected chi connectivity index (χ0v) is 11.5. The molecule has 0 aliphatic carbocycles. The summed E-state index contributed by atoms with van der Waals surface area (Å²) in [5.41, 5.74) is 5.93. The van der Waals surface area contributed by atoms with Crippen LogP contribution in [0.2, 0.25) is 0 Å². The lowest BCUT2D eigenvalue weighted by atomic mass is 10.2. The van der Waals surface area contributed by atoms with Crippen molar-refractivity contribution in [3.8, 4) is 5.75 Å². The quantitative estimate of drug-likeness (QED) is 0.867. The molecule has 2 nitrogen and oxygen atoms in total. The van der Waals surface area contributed by atoms with E-state index < -0.39 is 5.82 Å². The molecule has 0 unspecified atom stereocenters. The van der Waals surface area contributed by atoms with Gasteiger partial charge in [0.2, 0.25) is 0 Å². The van der Waals surface area contributed by atoms with Crippen LogP contribution in [0, 0.1) is 11.7 Å². The number of hydrogen-bond acceptors (Lipinski definition) is 2. The van der Waals surface area contributed by atoms with Gasteiger partial charge in [-0.25, -0.2) is 4.39 Å². The Morgan fingerprint density at radius 2 is 2.19 bits per heavy atom. The Balaban J connectivity index is 2.98. The maximum Gasteiger partial charge on any atom is 0.179 e. The van der Waals surface area contributed by atoms with E-state index in [1.165, 1.54) is 6.07 Å². The molecule has 0 aromatic heterocycles. The Labute approximate surface area is 108 Å². The van der Waals surface area contributed by atoms with Crippen LogP contribution >= 0.6 is 28.1 Å². The fourth-order valence-electron chi connectivity index (χ4n) is 1.09. The summed E-state index contributed by atoms with van der Waals surface area (Å²) in [6.45, 7) is 4.46. The van der Waals surface area contributed by atoms with Crippen molar-refractivity contribution in [2.45, 2.75) is 13.8 Å². The first-order chi connectivity index (χ1) is 7.43. The van der Waals surface area contributed by atoms with Crippen molar-refractivity contribution in [3.63, 3.8) is 0 Å². The predicted molar refractivity (Wildman–Crippen MR) is 70.3 cm³/mol. The summed E-state index contributed by atoms with van der Waals surface area (Å²) in [5, 5.41) is 0. The third-order valence-corrected chi connectivity index (χ3v) is 2.88. The van der Waals surface area contributed by atoms with E-state index in [0.717, 1.165) is 0 Å². The molecule has 0 atom stereocenters. The lowest BCUT2D eigenvalue weighted by Crippen LogP contribution is -2.12. The van der Waals surface area contributed by atoms with E-state index in [1.54, 1.807) is 6.07 Å². The van der Waals surface area contributed by atoms with E-state index in [0.29, 0.717) is 18.1 Å². The summed E-state index contributed by atoms with van der Waals surface area (Å²) < 4.78 is 19.4. The second kappa shape index (κ2) is 5.59. The van der Waals surface area contributed by atoms with Gasteiger partial charge in [-0.3, -0.25) is 0 Å². The van der Waals surface area contributed by atoms with Crippen molar-refractivity contribution in [2.24, 2.45) is 11.7 Å². The zero-order valence-electron chi connectivity index (χ0n) is 9.09. The van der Waals surface area contributed by atoms with Crippen molar-refractivity contribution in [1.82, 2.24) is 0 Å². The Kier molecular flexibility index (Phi) is 4.68. The minimum Gasteiger partial charge on any atom is -0.490 e. The smallest absolute Gasteiger partial charge is 0.179 e. The predicted octanol–water partition coefficient (Wildman–Crippen LogP) is 3.26. The molecule has 16 heavy (non-hydrogen) atoms. The largest absolute Gasteiger partial charge is 0.490 e. The number of ether oxygens (including phenoxy) is 1. The normalized spacial score (nSPS) is 10.6. The molecule has 0 saturated heterocycles. The summed E-state index contributed by atoms with van der Waals surface area (Å²) in [6.07, 6.45) is 0. The fourth-order valence-corrected chi connectivity index (χ4v) is 1.93. The van der Waals surface area contributed by atoms with Gasteiger partial charge in [-0.2, -0.15) is 0 Å². The van der Waals surface area contributed by atoms with Crippen LogP contribution in [0.25, 0.3) is 0 Å². The Morgan fingerprint density at radius 1 is 1.56 bits per heavy atom. The third-order valence-electron chi connectivity index (χ3n) is 1.88. The molecule has 0 fully saturated rings. The highest BCUT2D eigenvalue weighted by Gasteiger charge is 2.13. The number of halogens is 2. The molecule has 5 heteroatoms. The SMILES string of the molecule is CC(C)COc1ccc(C(N)=S)c(Br)c1F. The topological polar surface area (TPSA) is 35.2 Å². The summed E-state index contributed by atoms with van der Waals surface area (Å²) in [6, 6.07) is 3.18. The molecule has 0 bridgehead atoms. The molecule has 88 valence electrons. The number of benzene rings is 1. The first kappa shape index (κ1) is 13.4. The highest BCUT2D eigenvalue weighted by atomic mass is 79.9. The van der Waals surface area contributed by atoms with Gasteiger partial charge in [0.1, 0.15) is 4.99 Å². The molecule has 2 N–H and O–H groups in total. The third kappa shape index (κ3) is 3.15. The molecule has 0 spiro atoms. The van der Waals surface area contributed by atoms with Gasteiger partial charge >= 0.3 is 0 Å². The summed E-state index contributed by atoms with van der Waals surface area (Å²) in [7, 11) is 0.